The van der Waals surface area contributed by atoms with Crippen LogP contribution in [0.2, 0.25) is 0 Å². The average molecular weight is 335 g/mol. The van der Waals surface area contributed by atoms with Gasteiger partial charge in [0, 0.05) is 0 Å². The molecule has 3 rings (SSSR count). The second kappa shape index (κ2) is 5.95. The molecule has 0 saturated carbocycles. The van der Waals surface area contributed by atoms with Crippen LogP contribution in [0.4, 0.5) is 0 Å². The Morgan fingerprint density at radius 3 is 3.00 bits per heavy atom. The molecule has 0 aromatic carbocycles. The largest absolute Gasteiger partial charge is 0.384 e. The van der Waals surface area contributed by atoms with Crippen molar-refractivity contribution in [2.75, 3.05) is 6.54 Å². The zero-order chi connectivity index (χ0) is 15.6. The van der Waals surface area contributed by atoms with Gasteiger partial charge in [0.2, 0.25) is 0 Å². The predicted octanol–water partition coefficient (Wildman–Crippen LogP) is 1.42. The summed E-state index contributed by atoms with van der Waals surface area (Å²) in [6.45, 7) is 1.79. The lowest BCUT2D eigenvalue weighted by atomic mass is 9.99. The van der Waals surface area contributed by atoms with Gasteiger partial charge in [0.25, 0.3) is 5.91 Å². The molecule has 0 aliphatic heterocycles. The fourth-order valence-electron chi connectivity index (χ4n) is 1.93. The van der Waals surface area contributed by atoms with Crippen LogP contribution in [0.1, 0.15) is 22.2 Å². The summed E-state index contributed by atoms with van der Waals surface area (Å²) in [6.07, 6.45) is 1.43. The molecular weight excluding hydrogens is 322 g/mol. The van der Waals surface area contributed by atoms with Gasteiger partial charge in [0.15, 0.2) is 0 Å². The van der Waals surface area contributed by atoms with Crippen molar-refractivity contribution in [2.24, 2.45) is 0 Å². The van der Waals surface area contributed by atoms with Crippen LogP contribution >= 0.6 is 22.7 Å². The van der Waals surface area contributed by atoms with Gasteiger partial charge in [-0.1, -0.05) is 0 Å². The van der Waals surface area contributed by atoms with Crippen LogP contribution in [-0.2, 0) is 5.60 Å². The lowest BCUT2D eigenvalue weighted by Crippen LogP contribution is -2.38. The summed E-state index contributed by atoms with van der Waals surface area (Å²) in [5.74, 6) is -0.268. The second-order valence-electron chi connectivity index (χ2n) is 4.86. The van der Waals surface area contributed by atoms with E-state index in [0.29, 0.717) is 10.6 Å². The number of tetrazole rings is 1. The molecule has 9 heteroatoms. The summed E-state index contributed by atoms with van der Waals surface area (Å²) >= 11 is 2.80. The number of hydrogen-bond acceptors (Lipinski definition) is 7. The first kappa shape index (κ1) is 14.8. The van der Waals surface area contributed by atoms with Crippen LogP contribution in [0, 0.1) is 0 Å². The Kier molecular flexibility index (Phi) is 4.01. The van der Waals surface area contributed by atoms with Crippen molar-refractivity contribution in [1.29, 1.82) is 0 Å². The summed E-state index contributed by atoms with van der Waals surface area (Å²) in [5, 5.41) is 29.7. The number of hydrogen-bond donors (Lipinski definition) is 2. The minimum Gasteiger partial charge on any atom is -0.384 e. The Hall–Kier alpha value is -2.10. The van der Waals surface area contributed by atoms with E-state index in [0.717, 1.165) is 5.56 Å². The summed E-state index contributed by atoms with van der Waals surface area (Å²) < 4.78 is 1.43. The Bertz CT molecular complexity index is 749. The van der Waals surface area contributed by atoms with Crippen LogP contribution in [0.5, 0.6) is 0 Å². The van der Waals surface area contributed by atoms with Crippen molar-refractivity contribution in [3.05, 3.63) is 45.0 Å². The fourth-order valence-corrected chi connectivity index (χ4v) is 3.51. The molecule has 0 spiro atoms. The number of carbonyl (C=O) groups is 1. The van der Waals surface area contributed by atoms with Crippen molar-refractivity contribution in [1.82, 2.24) is 25.5 Å². The first-order chi connectivity index (χ1) is 10.6. The van der Waals surface area contributed by atoms with E-state index in [2.05, 4.69) is 20.8 Å². The lowest BCUT2D eigenvalue weighted by Gasteiger charge is -2.22. The monoisotopic (exact) mass is 335 g/mol. The quantitative estimate of drug-likeness (QED) is 0.736. The highest BCUT2D eigenvalue weighted by molar-refractivity contribution is 7.12. The van der Waals surface area contributed by atoms with Crippen LogP contribution < -0.4 is 5.32 Å². The highest BCUT2D eigenvalue weighted by Gasteiger charge is 2.25. The smallest absolute Gasteiger partial charge is 0.263 e. The van der Waals surface area contributed by atoms with Crippen LogP contribution in [-0.4, -0.2) is 37.8 Å². The van der Waals surface area contributed by atoms with E-state index >= 15 is 0 Å². The molecule has 22 heavy (non-hydrogen) atoms. The summed E-state index contributed by atoms with van der Waals surface area (Å²) in [7, 11) is 0. The van der Waals surface area contributed by atoms with E-state index in [1.807, 2.05) is 16.8 Å². The van der Waals surface area contributed by atoms with E-state index in [9.17, 15) is 9.90 Å². The molecule has 7 nitrogen and oxygen atoms in total. The van der Waals surface area contributed by atoms with Crippen LogP contribution in [0.25, 0.3) is 5.69 Å². The van der Waals surface area contributed by atoms with E-state index in [4.69, 9.17) is 0 Å². The van der Waals surface area contributed by atoms with Crippen molar-refractivity contribution < 1.29 is 9.90 Å². The predicted molar refractivity (Wildman–Crippen MR) is 83.3 cm³/mol. The molecule has 0 aliphatic rings. The second-order valence-corrected chi connectivity index (χ2v) is 6.55. The van der Waals surface area contributed by atoms with Gasteiger partial charge in [-0.25, -0.2) is 0 Å². The fraction of sp³-hybridized carbons (Fsp3) is 0.231. The van der Waals surface area contributed by atoms with Gasteiger partial charge in [0.1, 0.15) is 16.8 Å². The number of nitrogens with one attached hydrogen (secondary N) is 1. The zero-order valence-electron chi connectivity index (χ0n) is 11.6. The maximum Gasteiger partial charge on any atom is 0.263 e. The average Bonchev–Trinajstić information content (AvgIpc) is 3.26. The maximum atomic E-state index is 12.3. The number of thiophene rings is 2. The van der Waals surface area contributed by atoms with Gasteiger partial charge >= 0.3 is 0 Å². The normalized spacial score (nSPS) is 13.7. The molecule has 0 bridgehead atoms. The van der Waals surface area contributed by atoms with Crippen LogP contribution in [0.15, 0.2) is 34.6 Å². The Labute approximate surface area is 134 Å². The molecule has 114 valence electrons. The van der Waals surface area contributed by atoms with E-state index in [1.165, 1.54) is 33.7 Å². The molecular formula is C13H13N5O2S2. The Morgan fingerprint density at radius 2 is 2.32 bits per heavy atom. The molecule has 0 aliphatic carbocycles. The molecule has 0 saturated heterocycles. The Balaban J connectivity index is 1.72. The zero-order valence-corrected chi connectivity index (χ0v) is 13.3. The van der Waals surface area contributed by atoms with Gasteiger partial charge in [-0.2, -0.15) is 16.0 Å². The molecule has 1 atom stereocenters. The third kappa shape index (κ3) is 2.91. The highest BCUT2D eigenvalue weighted by Crippen LogP contribution is 2.23. The van der Waals surface area contributed by atoms with Crippen molar-refractivity contribution in [3.8, 4) is 5.69 Å². The topological polar surface area (TPSA) is 92.9 Å². The molecule has 0 fully saturated rings. The SMILES string of the molecule is C[C@](O)(CNC(=O)c1sccc1-n1cnnn1)c1ccsc1. The van der Waals surface area contributed by atoms with Crippen molar-refractivity contribution in [3.63, 3.8) is 0 Å². The molecule has 3 aromatic heterocycles. The third-order valence-corrected chi connectivity index (χ3v) is 4.77. The standard InChI is InChI=1S/C13H13N5O2S2/c1-13(20,9-2-4-21-6-9)7-14-12(19)11-10(3-5-22-11)18-8-15-16-17-18/h2-6,8,20H,7H2,1H3,(H,14,19)/t13-/m0/s1. The minimum absolute atomic E-state index is 0.121. The van der Waals surface area contributed by atoms with Gasteiger partial charge in [-0.3, -0.25) is 4.79 Å². The number of aliphatic hydroxyl groups is 1. The molecule has 1 amide bonds. The first-order valence-electron chi connectivity index (χ1n) is 6.42. The minimum atomic E-state index is -1.11. The summed E-state index contributed by atoms with van der Waals surface area (Å²) in [5.41, 5.74) is 0.286. The molecule has 0 radical (unpaired) electrons. The number of rotatable bonds is 5. The molecule has 3 heterocycles. The van der Waals surface area contributed by atoms with Gasteiger partial charge in [-0.05, 0) is 51.2 Å². The highest BCUT2D eigenvalue weighted by atomic mass is 32.1. The third-order valence-electron chi connectivity index (χ3n) is 3.18. The number of nitrogens with zero attached hydrogens (tertiary/aromatic N) is 4. The number of aromatic nitrogens is 4. The number of amides is 1. The number of carbonyl (C=O) groups excluding carboxylic acids is 1. The van der Waals surface area contributed by atoms with Gasteiger partial charge in [-0.15, -0.1) is 16.4 Å². The van der Waals surface area contributed by atoms with E-state index in [-0.39, 0.29) is 12.5 Å². The summed E-state index contributed by atoms with van der Waals surface area (Å²) in [4.78, 5) is 12.8. The maximum absolute atomic E-state index is 12.3. The first-order valence-corrected chi connectivity index (χ1v) is 8.24. The van der Waals surface area contributed by atoms with Crippen molar-refractivity contribution in [2.45, 2.75) is 12.5 Å². The lowest BCUT2D eigenvalue weighted by molar-refractivity contribution is 0.0531. The summed E-state index contributed by atoms with van der Waals surface area (Å²) in [6, 6.07) is 3.61. The molecule has 3 aromatic rings. The van der Waals surface area contributed by atoms with Crippen molar-refractivity contribution >= 4 is 28.6 Å². The molecule has 0 unspecified atom stereocenters. The van der Waals surface area contributed by atoms with E-state index in [1.54, 1.807) is 18.4 Å². The van der Waals surface area contributed by atoms with Crippen LogP contribution in [0.3, 0.4) is 0 Å². The van der Waals surface area contributed by atoms with Gasteiger partial charge < -0.3 is 10.4 Å². The molecule has 2 N–H and O–H groups in total. The van der Waals surface area contributed by atoms with E-state index < -0.39 is 5.60 Å². The van der Waals surface area contributed by atoms with Gasteiger partial charge in [0.05, 0.1) is 12.2 Å². The Morgan fingerprint density at radius 1 is 1.45 bits per heavy atom.